The van der Waals surface area contributed by atoms with Crippen LogP contribution in [0.25, 0.3) is 6.08 Å². The first-order valence-corrected chi connectivity index (χ1v) is 8.10. The van der Waals surface area contributed by atoms with E-state index < -0.39 is 0 Å². The van der Waals surface area contributed by atoms with Gasteiger partial charge in [0.2, 0.25) is 5.91 Å². The van der Waals surface area contributed by atoms with Crippen LogP contribution in [0, 0.1) is 6.92 Å². The number of rotatable bonds is 5. The number of carbonyl (C=O) groups is 2. The highest BCUT2D eigenvalue weighted by Crippen LogP contribution is 2.27. The maximum absolute atomic E-state index is 11.8. The number of esters is 1. The van der Waals surface area contributed by atoms with Gasteiger partial charge in [-0.15, -0.1) is 22.7 Å². The van der Waals surface area contributed by atoms with Crippen LogP contribution in [-0.2, 0) is 9.53 Å². The molecular formula is C15H15NO3S2. The summed E-state index contributed by atoms with van der Waals surface area (Å²) in [5.74, 6) is -0.574. The third kappa shape index (κ3) is 4.27. The molecule has 1 amide bonds. The highest BCUT2D eigenvalue weighted by Gasteiger charge is 2.15. The van der Waals surface area contributed by atoms with E-state index in [1.807, 2.05) is 24.4 Å². The number of hydrogen-bond donors (Lipinski definition) is 1. The Morgan fingerprint density at radius 2 is 2.24 bits per heavy atom. The van der Waals surface area contributed by atoms with Crippen LogP contribution in [0.2, 0.25) is 0 Å². The fourth-order valence-corrected chi connectivity index (χ4v) is 3.24. The fraction of sp³-hybridized carbons (Fsp3) is 0.200. The van der Waals surface area contributed by atoms with Gasteiger partial charge in [-0.3, -0.25) is 4.79 Å². The summed E-state index contributed by atoms with van der Waals surface area (Å²) in [5, 5.41) is 5.34. The first-order chi connectivity index (χ1) is 10.1. The SMILES string of the molecule is CCOC(=O)c1sc(NC(=O)C=Cc2cccs2)cc1C. The van der Waals surface area contributed by atoms with Gasteiger partial charge in [-0.2, -0.15) is 0 Å². The van der Waals surface area contributed by atoms with Gasteiger partial charge in [0.25, 0.3) is 0 Å². The molecule has 1 N–H and O–H groups in total. The largest absolute Gasteiger partial charge is 0.462 e. The van der Waals surface area contributed by atoms with Crippen LogP contribution >= 0.6 is 22.7 Å². The molecule has 0 saturated heterocycles. The van der Waals surface area contributed by atoms with Gasteiger partial charge in [0.1, 0.15) is 4.88 Å². The molecule has 2 rings (SSSR count). The number of nitrogens with one attached hydrogen (secondary N) is 1. The molecule has 6 heteroatoms. The number of anilines is 1. The van der Waals surface area contributed by atoms with E-state index in [0.717, 1.165) is 10.4 Å². The van der Waals surface area contributed by atoms with Crippen LogP contribution in [0.3, 0.4) is 0 Å². The Hall–Kier alpha value is -1.92. The second kappa shape index (κ2) is 7.19. The molecule has 110 valence electrons. The highest BCUT2D eigenvalue weighted by molar-refractivity contribution is 7.18. The van der Waals surface area contributed by atoms with Crippen LogP contribution in [0.5, 0.6) is 0 Å². The summed E-state index contributed by atoms with van der Waals surface area (Å²) < 4.78 is 4.97. The molecular weight excluding hydrogens is 306 g/mol. The molecule has 0 aliphatic carbocycles. The van der Waals surface area contributed by atoms with Gasteiger partial charge in [0.15, 0.2) is 0 Å². The summed E-state index contributed by atoms with van der Waals surface area (Å²) in [4.78, 5) is 25.1. The average molecular weight is 321 g/mol. The van der Waals surface area contributed by atoms with Gasteiger partial charge in [-0.25, -0.2) is 4.79 Å². The number of aryl methyl sites for hydroxylation is 1. The van der Waals surface area contributed by atoms with E-state index in [0.29, 0.717) is 16.5 Å². The van der Waals surface area contributed by atoms with E-state index in [-0.39, 0.29) is 11.9 Å². The van der Waals surface area contributed by atoms with Crippen molar-refractivity contribution >= 4 is 45.6 Å². The second-order valence-corrected chi connectivity index (χ2v) is 6.21. The minimum atomic E-state index is -0.352. The first-order valence-electron chi connectivity index (χ1n) is 6.40. The van der Waals surface area contributed by atoms with Gasteiger partial charge in [0.05, 0.1) is 11.6 Å². The smallest absolute Gasteiger partial charge is 0.348 e. The van der Waals surface area contributed by atoms with E-state index >= 15 is 0 Å². The Balaban J connectivity index is 2.01. The Morgan fingerprint density at radius 3 is 2.90 bits per heavy atom. The Bertz CT molecular complexity index is 657. The van der Waals surface area contributed by atoms with Gasteiger partial charge in [-0.1, -0.05) is 6.07 Å². The van der Waals surface area contributed by atoms with Gasteiger partial charge in [-0.05, 0) is 43.0 Å². The first kappa shape index (κ1) is 15.5. The topological polar surface area (TPSA) is 55.4 Å². The summed E-state index contributed by atoms with van der Waals surface area (Å²) in [7, 11) is 0. The zero-order valence-electron chi connectivity index (χ0n) is 11.7. The molecule has 0 spiro atoms. The lowest BCUT2D eigenvalue weighted by molar-refractivity contribution is -0.111. The number of hydrogen-bond acceptors (Lipinski definition) is 5. The van der Waals surface area contributed by atoms with Crippen molar-refractivity contribution in [1.82, 2.24) is 0 Å². The van der Waals surface area contributed by atoms with Crippen molar-refractivity contribution in [3.05, 3.63) is 45.0 Å². The summed E-state index contributed by atoms with van der Waals surface area (Å²) in [6.45, 7) is 3.92. The number of carbonyl (C=O) groups excluding carboxylic acids is 2. The number of ether oxygens (including phenoxy) is 1. The van der Waals surface area contributed by atoms with Crippen LogP contribution in [0.1, 0.15) is 27.0 Å². The predicted octanol–water partition coefficient (Wildman–Crippen LogP) is 3.95. The predicted molar refractivity (Wildman–Crippen MR) is 87.0 cm³/mol. The molecule has 21 heavy (non-hydrogen) atoms. The molecule has 0 bridgehead atoms. The summed E-state index contributed by atoms with van der Waals surface area (Å²) in [5.41, 5.74) is 0.802. The lowest BCUT2D eigenvalue weighted by atomic mass is 10.3. The van der Waals surface area contributed by atoms with Crippen LogP contribution in [-0.4, -0.2) is 18.5 Å². The molecule has 0 aromatic carbocycles. The molecule has 0 aliphatic heterocycles. The Kier molecular flexibility index (Phi) is 5.30. The molecule has 2 aromatic heterocycles. The van der Waals surface area contributed by atoms with Crippen molar-refractivity contribution in [2.45, 2.75) is 13.8 Å². The van der Waals surface area contributed by atoms with E-state index in [2.05, 4.69) is 5.32 Å². The molecule has 0 atom stereocenters. The summed E-state index contributed by atoms with van der Waals surface area (Å²) >= 11 is 2.78. The minimum Gasteiger partial charge on any atom is -0.462 e. The standard InChI is InChI=1S/C15H15NO3S2/c1-3-19-15(18)14-10(2)9-13(21-14)16-12(17)7-6-11-5-4-8-20-11/h4-9H,3H2,1-2H3,(H,16,17). The van der Waals surface area contributed by atoms with Crippen LogP contribution < -0.4 is 5.32 Å². The average Bonchev–Trinajstić information content (AvgIpc) is 3.06. The maximum Gasteiger partial charge on any atom is 0.348 e. The fourth-order valence-electron chi connectivity index (χ4n) is 1.65. The Labute approximate surface area is 131 Å². The number of thiophene rings is 2. The molecule has 2 heterocycles. The highest BCUT2D eigenvalue weighted by atomic mass is 32.1. The summed E-state index contributed by atoms with van der Waals surface area (Å²) in [6.07, 6.45) is 3.23. The van der Waals surface area contributed by atoms with E-state index in [1.54, 1.807) is 30.4 Å². The van der Waals surface area contributed by atoms with Crippen molar-refractivity contribution in [2.75, 3.05) is 11.9 Å². The zero-order valence-corrected chi connectivity index (χ0v) is 13.3. The molecule has 0 unspecified atom stereocenters. The molecule has 2 aromatic rings. The van der Waals surface area contributed by atoms with Crippen molar-refractivity contribution in [1.29, 1.82) is 0 Å². The van der Waals surface area contributed by atoms with E-state index in [1.165, 1.54) is 17.4 Å². The molecule has 0 radical (unpaired) electrons. The number of amides is 1. The normalized spacial score (nSPS) is 10.8. The lowest BCUT2D eigenvalue weighted by Crippen LogP contribution is -2.06. The summed E-state index contributed by atoms with van der Waals surface area (Å²) in [6, 6.07) is 5.63. The second-order valence-electron chi connectivity index (χ2n) is 4.18. The third-order valence-corrected chi connectivity index (χ3v) is 4.54. The van der Waals surface area contributed by atoms with E-state index in [4.69, 9.17) is 4.74 Å². The van der Waals surface area contributed by atoms with Gasteiger partial charge < -0.3 is 10.1 Å². The molecule has 0 fully saturated rings. The van der Waals surface area contributed by atoms with Crippen molar-refractivity contribution in [3.63, 3.8) is 0 Å². The minimum absolute atomic E-state index is 0.222. The molecule has 4 nitrogen and oxygen atoms in total. The lowest BCUT2D eigenvalue weighted by Gasteiger charge is -1.99. The maximum atomic E-state index is 11.8. The van der Waals surface area contributed by atoms with Crippen LogP contribution in [0.15, 0.2) is 29.7 Å². The van der Waals surface area contributed by atoms with Crippen molar-refractivity contribution < 1.29 is 14.3 Å². The third-order valence-electron chi connectivity index (χ3n) is 2.57. The van der Waals surface area contributed by atoms with Gasteiger partial charge in [0, 0.05) is 11.0 Å². The zero-order chi connectivity index (χ0) is 15.2. The van der Waals surface area contributed by atoms with E-state index in [9.17, 15) is 9.59 Å². The van der Waals surface area contributed by atoms with Crippen LogP contribution in [0.4, 0.5) is 5.00 Å². The quantitative estimate of drug-likeness (QED) is 0.670. The molecule has 0 aliphatic rings. The van der Waals surface area contributed by atoms with Crippen molar-refractivity contribution in [3.8, 4) is 0 Å². The monoisotopic (exact) mass is 321 g/mol. The molecule has 0 saturated carbocycles. The van der Waals surface area contributed by atoms with Gasteiger partial charge >= 0.3 is 5.97 Å². The van der Waals surface area contributed by atoms with Crippen molar-refractivity contribution in [2.24, 2.45) is 0 Å². The Morgan fingerprint density at radius 1 is 1.43 bits per heavy atom.